The summed E-state index contributed by atoms with van der Waals surface area (Å²) in [5.74, 6) is -2.31. The van der Waals surface area contributed by atoms with Gasteiger partial charge in [-0.15, -0.1) is 0 Å². The average molecular weight is 396 g/mol. The summed E-state index contributed by atoms with van der Waals surface area (Å²) in [7, 11) is -3.62. The molecule has 1 aromatic carbocycles. The van der Waals surface area contributed by atoms with E-state index in [9.17, 15) is 18.0 Å². The van der Waals surface area contributed by atoms with E-state index in [1.165, 1.54) is 8.61 Å². The van der Waals surface area contributed by atoms with Crippen LogP contribution in [0.25, 0.3) is 0 Å². The second-order valence-electron chi connectivity index (χ2n) is 7.14. The number of hydrogen-bond acceptors (Lipinski definition) is 4. The normalized spacial score (nSPS) is 23.2. The summed E-state index contributed by atoms with van der Waals surface area (Å²) in [5, 5.41) is 18.1. The molecule has 0 amide bonds. The first-order valence-electron chi connectivity index (χ1n) is 9.10. The van der Waals surface area contributed by atoms with Crippen LogP contribution < -0.4 is 0 Å². The summed E-state index contributed by atoms with van der Waals surface area (Å²) in [6.45, 7) is 1.26. The van der Waals surface area contributed by atoms with E-state index < -0.39 is 28.1 Å². The molecule has 148 valence electrons. The molecule has 2 N–H and O–H groups in total. The van der Waals surface area contributed by atoms with Crippen molar-refractivity contribution < 1.29 is 28.2 Å². The van der Waals surface area contributed by atoms with Crippen molar-refractivity contribution in [3.8, 4) is 0 Å². The van der Waals surface area contributed by atoms with Gasteiger partial charge in [-0.2, -0.15) is 17.0 Å². The van der Waals surface area contributed by atoms with Gasteiger partial charge in [-0.05, 0) is 49.3 Å². The first kappa shape index (κ1) is 19.8. The molecule has 0 saturated carbocycles. The van der Waals surface area contributed by atoms with Crippen LogP contribution >= 0.6 is 0 Å². The summed E-state index contributed by atoms with van der Waals surface area (Å²) >= 11 is 0. The van der Waals surface area contributed by atoms with Gasteiger partial charge >= 0.3 is 11.9 Å². The Morgan fingerprint density at radius 3 is 2.11 bits per heavy atom. The highest BCUT2D eigenvalue weighted by atomic mass is 32.2. The molecule has 0 radical (unpaired) electrons. The second-order valence-corrected chi connectivity index (χ2v) is 9.07. The number of carboxylic acid groups (broad SMARTS) is 2. The molecule has 2 heterocycles. The fourth-order valence-corrected chi connectivity index (χ4v) is 5.55. The lowest BCUT2D eigenvalue weighted by atomic mass is 9.91. The monoisotopic (exact) mass is 396 g/mol. The van der Waals surface area contributed by atoms with Crippen molar-refractivity contribution in [2.75, 3.05) is 26.2 Å². The van der Waals surface area contributed by atoms with Crippen LogP contribution in [-0.2, 0) is 15.0 Å². The number of nitrogens with zero attached hydrogens (tertiary/aromatic N) is 2. The Balaban J connectivity index is 1.68. The van der Waals surface area contributed by atoms with Crippen LogP contribution in [0.15, 0.2) is 24.3 Å². The lowest BCUT2D eigenvalue weighted by molar-refractivity contribution is -0.142. The van der Waals surface area contributed by atoms with Crippen molar-refractivity contribution in [1.29, 1.82) is 0 Å². The summed E-state index contributed by atoms with van der Waals surface area (Å²) in [6, 6.07) is 6.59. The van der Waals surface area contributed by atoms with E-state index in [1.54, 1.807) is 24.3 Å². The fraction of sp³-hybridized carbons (Fsp3) is 0.556. The Morgan fingerprint density at radius 2 is 1.56 bits per heavy atom. The van der Waals surface area contributed by atoms with Crippen LogP contribution in [0, 0.1) is 5.92 Å². The smallest absolute Gasteiger partial charge is 0.335 e. The number of aromatic carboxylic acids is 1. The highest BCUT2D eigenvalue weighted by Crippen LogP contribution is 2.30. The number of piperidine rings is 2. The largest absolute Gasteiger partial charge is 0.481 e. The van der Waals surface area contributed by atoms with Crippen LogP contribution in [-0.4, -0.2) is 65.4 Å². The number of benzene rings is 1. The van der Waals surface area contributed by atoms with Gasteiger partial charge in [0.25, 0.3) is 10.2 Å². The molecule has 1 atom stereocenters. The Kier molecular flexibility index (Phi) is 5.83. The summed E-state index contributed by atoms with van der Waals surface area (Å²) in [4.78, 5) is 22.0. The fourth-order valence-electron chi connectivity index (χ4n) is 3.82. The number of rotatable bonds is 5. The maximum absolute atomic E-state index is 13.0. The molecule has 0 unspecified atom stereocenters. The lowest BCUT2D eigenvalue weighted by Crippen LogP contribution is -2.50. The van der Waals surface area contributed by atoms with Crippen LogP contribution in [0.2, 0.25) is 0 Å². The minimum atomic E-state index is -3.62. The van der Waals surface area contributed by atoms with Crippen molar-refractivity contribution in [3.63, 3.8) is 0 Å². The summed E-state index contributed by atoms with van der Waals surface area (Å²) in [5.41, 5.74) is 1.14. The molecule has 8 nitrogen and oxygen atoms in total. The molecule has 27 heavy (non-hydrogen) atoms. The van der Waals surface area contributed by atoms with Crippen molar-refractivity contribution >= 4 is 22.1 Å². The highest BCUT2D eigenvalue weighted by Gasteiger charge is 2.37. The standard InChI is InChI=1S/C18H24N2O6S/c21-17(22)14-5-3-13(4-6-14)16-2-1-9-20(12-16)27(25,26)19-10-7-15(8-11-19)18(23)24/h3-6,15-16H,1-2,7-12H2,(H,21,22)(H,23,24)/t16-/m1/s1. The summed E-state index contributed by atoms with van der Waals surface area (Å²) < 4.78 is 28.8. The first-order chi connectivity index (χ1) is 12.8. The zero-order valence-electron chi connectivity index (χ0n) is 15.0. The molecule has 0 aliphatic carbocycles. The van der Waals surface area contributed by atoms with Crippen molar-refractivity contribution in [2.45, 2.75) is 31.6 Å². The lowest BCUT2D eigenvalue weighted by Gasteiger charge is -2.37. The molecule has 2 saturated heterocycles. The van der Waals surface area contributed by atoms with Gasteiger partial charge in [0.2, 0.25) is 0 Å². The third kappa shape index (κ3) is 4.31. The van der Waals surface area contributed by atoms with Crippen LogP contribution in [0.1, 0.15) is 47.5 Å². The highest BCUT2D eigenvalue weighted by molar-refractivity contribution is 7.86. The second kappa shape index (κ2) is 7.95. The zero-order valence-corrected chi connectivity index (χ0v) is 15.8. The first-order valence-corrected chi connectivity index (χ1v) is 10.5. The molecule has 2 fully saturated rings. The minimum Gasteiger partial charge on any atom is -0.481 e. The third-order valence-electron chi connectivity index (χ3n) is 5.47. The molecule has 0 aromatic heterocycles. The van der Waals surface area contributed by atoms with E-state index >= 15 is 0 Å². The molecule has 9 heteroatoms. The van der Waals surface area contributed by atoms with Gasteiger partial charge in [0.15, 0.2) is 0 Å². The average Bonchev–Trinajstić information content (AvgIpc) is 2.68. The maximum atomic E-state index is 13.0. The molecule has 0 spiro atoms. The van der Waals surface area contributed by atoms with Gasteiger partial charge < -0.3 is 10.2 Å². The van der Waals surface area contributed by atoms with Gasteiger partial charge in [0.05, 0.1) is 11.5 Å². The third-order valence-corrected chi connectivity index (χ3v) is 7.47. The van der Waals surface area contributed by atoms with E-state index in [0.717, 1.165) is 18.4 Å². The Labute approximate surface area is 158 Å². The number of hydrogen-bond donors (Lipinski definition) is 2. The number of carboxylic acids is 2. The van der Waals surface area contributed by atoms with E-state index in [0.29, 0.717) is 25.9 Å². The molecule has 3 rings (SSSR count). The van der Waals surface area contributed by atoms with Gasteiger partial charge in [-0.3, -0.25) is 4.79 Å². The zero-order chi connectivity index (χ0) is 19.6. The van der Waals surface area contributed by atoms with Crippen LogP contribution in [0.5, 0.6) is 0 Å². The molecule has 2 aliphatic heterocycles. The quantitative estimate of drug-likeness (QED) is 0.781. The van der Waals surface area contributed by atoms with E-state index in [-0.39, 0.29) is 24.6 Å². The van der Waals surface area contributed by atoms with Gasteiger partial charge in [0.1, 0.15) is 0 Å². The van der Waals surface area contributed by atoms with Gasteiger partial charge in [-0.1, -0.05) is 12.1 Å². The van der Waals surface area contributed by atoms with Crippen molar-refractivity contribution in [1.82, 2.24) is 8.61 Å². The molecule has 2 aliphatic rings. The van der Waals surface area contributed by atoms with Crippen LogP contribution in [0.3, 0.4) is 0 Å². The van der Waals surface area contributed by atoms with Gasteiger partial charge in [0, 0.05) is 26.2 Å². The molecular weight excluding hydrogens is 372 g/mol. The Bertz CT molecular complexity index is 800. The van der Waals surface area contributed by atoms with Crippen LogP contribution in [0.4, 0.5) is 0 Å². The molecule has 0 bridgehead atoms. The summed E-state index contributed by atoms with van der Waals surface area (Å²) in [6.07, 6.45) is 2.25. The molecular formula is C18H24N2O6S. The SMILES string of the molecule is O=C(O)c1ccc([C@@H]2CCCN(S(=O)(=O)N3CCC(C(=O)O)CC3)C2)cc1. The Hall–Kier alpha value is -1.97. The molecule has 1 aromatic rings. The van der Waals surface area contributed by atoms with Crippen molar-refractivity contribution in [2.24, 2.45) is 5.92 Å². The van der Waals surface area contributed by atoms with Crippen molar-refractivity contribution in [3.05, 3.63) is 35.4 Å². The predicted molar refractivity (Wildman–Crippen MR) is 97.8 cm³/mol. The maximum Gasteiger partial charge on any atom is 0.335 e. The number of aliphatic carboxylic acids is 1. The van der Waals surface area contributed by atoms with E-state index in [1.807, 2.05) is 0 Å². The van der Waals surface area contributed by atoms with Gasteiger partial charge in [-0.25, -0.2) is 4.79 Å². The predicted octanol–water partition coefficient (Wildman–Crippen LogP) is 1.61. The van der Waals surface area contributed by atoms with E-state index in [4.69, 9.17) is 10.2 Å². The Morgan fingerprint density at radius 1 is 0.926 bits per heavy atom. The topological polar surface area (TPSA) is 115 Å². The number of carbonyl (C=O) groups is 2. The van der Waals surface area contributed by atoms with E-state index in [2.05, 4.69) is 0 Å². The minimum absolute atomic E-state index is 0.0212.